The first-order valence-corrected chi connectivity index (χ1v) is 11.6. The van der Waals surface area contributed by atoms with E-state index in [1.807, 2.05) is 61.5 Å². The monoisotopic (exact) mass is 466 g/mol. The summed E-state index contributed by atoms with van der Waals surface area (Å²) in [5.74, 6) is 0.120. The van der Waals surface area contributed by atoms with Gasteiger partial charge >= 0.3 is 5.97 Å². The molecule has 0 bridgehead atoms. The number of hydrogen-bond donors (Lipinski definition) is 0. The molecule has 0 aromatic heterocycles. The lowest BCUT2D eigenvalue weighted by Crippen LogP contribution is -2.40. The summed E-state index contributed by atoms with van der Waals surface area (Å²) in [5.41, 5.74) is 2.77. The fourth-order valence-corrected chi connectivity index (χ4v) is 4.79. The van der Waals surface area contributed by atoms with Crippen molar-refractivity contribution in [2.24, 2.45) is 4.99 Å². The fraction of sp³-hybridized carbons (Fsp3) is 0.320. The Balaban J connectivity index is 1.61. The molecule has 2 aliphatic heterocycles. The largest absolute Gasteiger partial charge is 0.489 e. The number of carbonyl (C=O) groups excluding carboxylic acids is 2. The lowest BCUT2D eigenvalue weighted by Gasteiger charge is -2.33. The highest BCUT2D eigenvalue weighted by Gasteiger charge is 2.46. The summed E-state index contributed by atoms with van der Waals surface area (Å²) in [4.78, 5) is 32.1. The number of ether oxygens (including phenoxy) is 3. The number of esters is 1. The minimum Gasteiger partial charge on any atom is -0.489 e. The molecule has 0 unspecified atom stereocenters. The highest BCUT2D eigenvalue weighted by atomic mass is 32.2. The van der Waals surface area contributed by atoms with Crippen molar-refractivity contribution in [3.63, 3.8) is 0 Å². The second-order valence-corrected chi connectivity index (χ2v) is 9.04. The molecule has 2 aliphatic rings. The Morgan fingerprint density at radius 3 is 2.52 bits per heavy atom. The third-order valence-electron chi connectivity index (χ3n) is 5.44. The van der Waals surface area contributed by atoms with Crippen molar-refractivity contribution >= 4 is 28.8 Å². The molecule has 8 heteroatoms. The van der Waals surface area contributed by atoms with Crippen LogP contribution in [0.5, 0.6) is 5.75 Å². The Bertz CT molecular complexity index is 1080. The van der Waals surface area contributed by atoms with Gasteiger partial charge in [-0.25, -0.2) is 9.79 Å². The third-order valence-corrected chi connectivity index (χ3v) is 6.50. The number of nitrogens with zero attached hydrogens (tertiary/aromatic N) is 2. The van der Waals surface area contributed by atoms with Gasteiger partial charge in [0.1, 0.15) is 19.0 Å². The molecular formula is C25H26N2O5S. The van der Waals surface area contributed by atoms with Crippen LogP contribution in [-0.4, -0.2) is 47.5 Å². The summed E-state index contributed by atoms with van der Waals surface area (Å²) >= 11 is 1.40. The molecule has 0 spiro atoms. The molecule has 1 fully saturated rings. The van der Waals surface area contributed by atoms with E-state index in [2.05, 4.69) is 4.99 Å². The maximum atomic E-state index is 13.0. The van der Waals surface area contributed by atoms with Gasteiger partial charge in [0.05, 0.1) is 29.2 Å². The maximum absolute atomic E-state index is 13.0. The van der Waals surface area contributed by atoms with E-state index in [1.165, 1.54) is 11.8 Å². The Kier molecular flexibility index (Phi) is 7.15. The number of aliphatic imine (C=N–C) groups is 1. The summed E-state index contributed by atoms with van der Waals surface area (Å²) in [6.07, 6.45) is 0. The van der Waals surface area contributed by atoms with Crippen LogP contribution in [0.25, 0.3) is 0 Å². The van der Waals surface area contributed by atoms with Crippen LogP contribution in [0.2, 0.25) is 0 Å². The molecule has 33 heavy (non-hydrogen) atoms. The molecule has 4 rings (SSSR count). The van der Waals surface area contributed by atoms with E-state index in [1.54, 1.807) is 18.9 Å². The number of hydrogen-bond acceptors (Lipinski definition) is 7. The van der Waals surface area contributed by atoms with Crippen LogP contribution in [0, 0.1) is 0 Å². The van der Waals surface area contributed by atoms with Crippen LogP contribution in [0.1, 0.15) is 31.0 Å². The summed E-state index contributed by atoms with van der Waals surface area (Å²) < 4.78 is 16.3. The van der Waals surface area contributed by atoms with Gasteiger partial charge in [-0.15, -0.1) is 0 Å². The zero-order valence-corrected chi connectivity index (χ0v) is 19.6. The van der Waals surface area contributed by atoms with Gasteiger partial charge in [-0.2, -0.15) is 0 Å². The normalized spacial score (nSPS) is 19.9. The van der Waals surface area contributed by atoms with Gasteiger partial charge in [0.25, 0.3) is 0 Å². The van der Waals surface area contributed by atoms with Crippen molar-refractivity contribution in [3.05, 3.63) is 77.0 Å². The van der Waals surface area contributed by atoms with E-state index < -0.39 is 12.0 Å². The Morgan fingerprint density at radius 1 is 1.09 bits per heavy atom. The first-order valence-electron chi connectivity index (χ1n) is 10.7. The first kappa shape index (κ1) is 23.1. The number of methoxy groups -OCH3 is 1. The Labute approximate surface area is 197 Å². The predicted molar refractivity (Wildman–Crippen MR) is 127 cm³/mol. The number of rotatable bonds is 8. The molecular weight excluding hydrogens is 440 g/mol. The van der Waals surface area contributed by atoms with Gasteiger partial charge in [-0.05, 0) is 37.1 Å². The first-order chi connectivity index (χ1) is 16.0. The number of fused-ring (bicyclic) bond motifs is 1. The van der Waals surface area contributed by atoms with E-state index in [0.717, 1.165) is 11.1 Å². The Morgan fingerprint density at radius 2 is 1.82 bits per heavy atom. The number of thioether (sulfide) groups is 1. The molecule has 2 aromatic rings. The van der Waals surface area contributed by atoms with Crippen LogP contribution >= 0.6 is 11.8 Å². The second-order valence-electron chi connectivity index (χ2n) is 7.74. The van der Waals surface area contributed by atoms with Crippen molar-refractivity contribution in [3.8, 4) is 5.75 Å². The van der Waals surface area contributed by atoms with Gasteiger partial charge in [0.15, 0.2) is 5.17 Å². The van der Waals surface area contributed by atoms with Crippen molar-refractivity contribution in [2.45, 2.75) is 31.7 Å². The molecule has 0 N–H and O–H groups in total. The van der Waals surface area contributed by atoms with Crippen LogP contribution in [0.15, 0.2) is 70.9 Å². The lowest BCUT2D eigenvalue weighted by atomic mass is 9.94. The number of allylic oxidation sites excluding steroid dienone is 1. The molecule has 0 saturated carbocycles. The summed E-state index contributed by atoms with van der Waals surface area (Å²) in [5, 5.41) is 0.337. The molecule has 1 saturated heterocycles. The average molecular weight is 467 g/mol. The number of amides is 1. The molecule has 2 aromatic carbocycles. The molecule has 0 radical (unpaired) electrons. The molecule has 1 amide bonds. The smallest absolute Gasteiger partial charge is 0.338 e. The standard InChI is InChI=1S/C25H26N2O5S/c1-16-21(24(29)31-14-13-30-3)22(27-23(28)17(2)33-25(27)26-16)19-9-11-20(12-10-19)32-15-18-7-5-4-6-8-18/h4-12,17,22H,13-15H2,1-3H3/t17-,22+/m1/s1. The van der Waals surface area contributed by atoms with Crippen molar-refractivity contribution in [1.29, 1.82) is 0 Å². The summed E-state index contributed by atoms with van der Waals surface area (Å²) in [6, 6.07) is 16.8. The number of carbonyl (C=O) groups is 2. The fourth-order valence-electron chi connectivity index (χ4n) is 3.76. The van der Waals surface area contributed by atoms with E-state index in [-0.39, 0.29) is 17.8 Å². The van der Waals surface area contributed by atoms with Crippen LogP contribution in [0.4, 0.5) is 0 Å². The van der Waals surface area contributed by atoms with E-state index in [4.69, 9.17) is 14.2 Å². The SMILES string of the molecule is COCCOC(=O)C1=C(C)N=C2S[C@H](C)C(=O)N2[C@H]1c1ccc(OCc2ccccc2)cc1. The highest BCUT2D eigenvalue weighted by Crippen LogP contribution is 2.43. The quantitative estimate of drug-likeness (QED) is 0.431. The highest BCUT2D eigenvalue weighted by molar-refractivity contribution is 8.15. The maximum Gasteiger partial charge on any atom is 0.338 e. The van der Waals surface area contributed by atoms with Gasteiger partial charge in [0, 0.05) is 7.11 Å². The lowest BCUT2D eigenvalue weighted by molar-refractivity contribution is -0.141. The van der Waals surface area contributed by atoms with E-state index in [9.17, 15) is 9.59 Å². The minimum absolute atomic E-state index is 0.0807. The van der Waals surface area contributed by atoms with Gasteiger partial charge in [-0.3, -0.25) is 9.69 Å². The average Bonchev–Trinajstić information content (AvgIpc) is 3.10. The number of benzene rings is 2. The molecule has 7 nitrogen and oxygen atoms in total. The van der Waals surface area contributed by atoms with Crippen LogP contribution in [0.3, 0.4) is 0 Å². The third kappa shape index (κ3) is 4.96. The predicted octanol–water partition coefficient (Wildman–Crippen LogP) is 4.10. The topological polar surface area (TPSA) is 77.4 Å². The minimum atomic E-state index is -0.610. The van der Waals surface area contributed by atoms with E-state index >= 15 is 0 Å². The number of amidine groups is 1. The molecule has 172 valence electrons. The molecule has 2 atom stereocenters. The Hall–Kier alpha value is -3.10. The van der Waals surface area contributed by atoms with Crippen LogP contribution < -0.4 is 4.74 Å². The van der Waals surface area contributed by atoms with Gasteiger partial charge in [0.2, 0.25) is 5.91 Å². The molecule has 2 heterocycles. The zero-order chi connectivity index (χ0) is 23.4. The summed E-state index contributed by atoms with van der Waals surface area (Å²) in [7, 11) is 1.54. The van der Waals surface area contributed by atoms with Crippen molar-refractivity contribution in [1.82, 2.24) is 4.90 Å². The van der Waals surface area contributed by atoms with Crippen LogP contribution in [-0.2, 0) is 25.7 Å². The van der Waals surface area contributed by atoms with E-state index in [0.29, 0.717) is 35.4 Å². The van der Waals surface area contributed by atoms with Gasteiger partial charge in [-0.1, -0.05) is 54.2 Å². The summed E-state index contributed by atoms with van der Waals surface area (Å²) in [6.45, 7) is 4.49. The second kappa shape index (κ2) is 10.2. The zero-order valence-electron chi connectivity index (χ0n) is 18.8. The van der Waals surface area contributed by atoms with Crippen molar-refractivity contribution in [2.75, 3.05) is 20.3 Å². The van der Waals surface area contributed by atoms with Crippen molar-refractivity contribution < 1.29 is 23.8 Å². The van der Waals surface area contributed by atoms with Gasteiger partial charge < -0.3 is 14.2 Å². The molecule has 0 aliphatic carbocycles.